The van der Waals surface area contributed by atoms with Crippen molar-refractivity contribution in [3.8, 4) is 0 Å². The van der Waals surface area contributed by atoms with Crippen LogP contribution in [0.1, 0.15) is 61.7 Å². The van der Waals surface area contributed by atoms with Crippen LogP contribution >= 0.6 is 11.3 Å². The smallest absolute Gasteiger partial charge is 0.203 e. The number of nitrogens with zero attached hydrogens (tertiary/aromatic N) is 2. The fourth-order valence-electron chi connectivity index (χ4n) is 3.06. The van der Waals surface area contributed by atoms with Crippen molar-refractivity contribution in [2.24, 2.45) is 0 Å². The lowest BCUT2D eigenvalue weighted by atomic mass is 9.95. The number of thiophene rings is 1. The minimum atomic E-state index is 0.319. The molecular weight excluding hydrogens is 266 g/mol. The summed E-state index contributed by atoms with van der Waals surface area (Å²) in [4.78, 5) is 6.05. The fraction of sp³-hybridized carbons (Fsp3) is 0.562. The molecule has 0 amide bonds. The van der Waals surface area contributed by atoms with Crippen LogP contribution in [-0.2, 0) is 0 Å². The summed E-state index contributed by atoms with van der Waals surface area (Å²) in [6.07, 6.45) is 8.87. The van der Waals surface area contributed by atoms with Gasteiger partial charge in [-0.3, -0.25) is 0 Å². The minimum absolute atomic E-state index is 0.319. The second-order valence-electron chi connectivity index (χ2n) is 5.79. The molecule has 1 aliphatic carbocycles. The van der Waals surface area contributed by atoms with E-state index >= 15 is 0 Å². The molecule has 3 nitrogen and oxygen atoms in total. The van der Waals surface area contributed by atoms with Crippen molar-refractivity contribution >= 4 is 17.3 Å². The van der Waals surface area contributed by atoms with E-state index in [1.807, 2.05) is 0 Å². The second-order valence-corrected chi connectivity index (χ2v) is 6.77. The van der Waals surface area contributed by atoms with Gasteiger partial charge < -0.3 is 9.88 Å². The van der Waals surface area contributed by atoms with Gasteiger partial charge in [0.05, 0.1) is 11.7 Å². The summed E-state index contributed by atoms with van der Waals surface area (Å²) < 4.78 is 2.37. The molecule has 0 bridgehead atoms. The Kier molecular flexibility index (Phi) is 4.10. The Morgan fingerprint density at radius 1 is 1.35 bits per heavy atom. The molecule has 20 heavy (non-hydrogen) atoms. The number of hydrogen-bond donors (Lipinski definition) is 1. The van der Waals surface area contributed by atoms with E-state index in [-0.39, 0.29) is 0 Å². The summed E-state index contributed by atoms with van der Waals surface area (Å²) in [5.41, 5.74) is 1.11. The summed E-state index contributed by atoms with van der Waals surface area (Å²) in [6, 6.07) is 5.24. The Balaban J connectivity index is 1.78. The van der Waals surface area contributed by atoms with E-state index < -0.39 is 0 Å². The fourth-order valence-corrected chi connectivity index (χ4v) is 3.80. The molecule has 1 saturated carbocycles. The highest BCUT2D eigenvalue weighted by Crippen LogP contribution is 2.32. The lowest BCUT2D eigenvalue weighted by Gasteiger charge is -2.25. The molecule has 1 unspecified atom stereocenters. The summed E-state index contributed by atoms with van der Waals surface area (Å²) in [5.74, 6) is 1.04. The minimum Gasteiger partial charge on any atom is -0.348 e. The predicted molar refractivity (Wildman–Crippen MR) is 85.4 cm³/mol. The third-order valence-electron chi connectivity index (χ3n) is 4.14. The lowest BCUT2D eigenvalue weighted by molar-refractivity contribution is 0.355. The molecule has 0 saturated heterocycles. The van der Waals surface area contributed by atoms with Crippen LogP contribution in [0, 0.1) is 6.92 Å². The van der Waals surface area contributed by atoms with Crippen LogP contribution < -0.4 is 5.32 Å². The zero-order valence-corrected chi connectivity index (χ0v) is 13.1. The Morgan fingerprint density at radius 2 is 2.15 bits per heavy atom. The van der Waals surface area contributed by atoms with Crippen LogP contribution in [0.15, 0.2) is 23.7 Å². The van der Waals surface area contributed by atoms with Crippen LogP contribution in [0.25, 0.3) is 0 Å². The molecule has 3 rings (SSSR count). The molecule has 1 aliphatic rings. The number of rotatable bonds is 4. The van der Waals surface area contributed by atoms with Gasteiger partial charge in [-0.2, -0.15) is 0 Å². The van der Waals surface area contributed by atoms with E-state index in [0.717, 1.165) is 11.6 Å². The molecule has 1 atom stereocenters. The van der Waals surface area contributed by atoms with Gasteiger partial charge in [0.25, 0.3) is 0 Å². The van der Waals surface area contributed by atoms with Gasteiger partial charge in [-0.15, -0.1) is 11.3 Å². The molecule has 0 spiro atoms. The maximum Gasteiger partial charge on any atom is 0.203 e. The standard InChI is InChI=1S/C16H23N3S/c1-12-11-19(14-7-4-3-5-8-14)16(17-12)18-13(2)15-9-6-10-20-15/h6,9-11,13-14H,3-5,7-8H2,1-2H3,(H,17,18). The van der Waals surface area contributed by atoms with E-state index in [1.165, 1.54) is 37.0 Å². The first-order valence-electron chi connectivity index (χ1n) is 7.59. The molecular formula is C16H23N3S. The van der Waals surface area contributed by atoms with Crippen molar-refractivity contribution in [1.82, 2.24) is 9.55 Å². The van der Waals surface area contributed by atoms with Crippen molar-refractivity contribution in [1.29, 1.82) is 0 Å². The van der Waals surface area contributed by atoms with E-state index in [0.29, 0.717) is 12.1 Å². The Morgan fingerprint density at radius 3 is 2.85 bits per heavy atom. The number of nitrogens with one attached hydrogen (secondary N) is 1. The second kappa shape index (κ2) is 6.00. The topological polar surface area (TPSA) is 29.9 Å². The van der Waals surface area contributed by atoms with Crippen molar-refractivity contribution in [2.45, 2.75) is 58.0 Å². The van der Waals surface area contributed by atoms with E-state index in [9.17, 15) is 0 Å². The molecule has 0 aromatic carbocycles. The first-order valence-corrected chi connectivity index (χ1v) is 8.47. The highest BCUT2D eigenvalue weighted by atomic mass is 32.1. The van der Waals surface area contributed by atoms with Crippen LogP contribution in [0.5, 0.6) is 0 Å². The average Bonchev–Trinajstić information content (AvgIpc) is 3.09. The van der Waals surface area contributed by atoms with Crippen molar-refractivity contribution < 1.29 is 0 Å². The van der Waals surface area contributed by atoms with Crippen molar-refractivity contribution in [3.63, 3.8) is 0 Å². The van der Waals surface area contributed by atoms with Crippen LogP contribution in [0.2, 0.25) is 0 Å². The molecule has 2 heterocycles. The van der Waals surface area contributed by atoms with Gasteiger partial charge in [0, 0.05) is 17.1 Å². The molecule has 1 N–H and O–H groups in total. The van der Waals surface area contributed by atoms with Gasteiger partial charge in [0.1, 0.15) is 0 Å². The summed E-state index contributed by atoms with van der Waals surface area (Å²) in [7, 11) is 0. The summed E-state index contributed by atoms with van der Waals surface area (Å²) in [6.45, 7) is 4.29. The van der Waals surface area contributed by atoms with E-state index in [2.05, 4.69) is 47.4 Å². The number of hydrogen-bond acceptors (Lipinski definition) is 3. The average molecular weight is 289 g/mol. The maximum atomic E-state index is 4.69. The molecule has 2 aromatic rings. The van der Waals surface area contributed by atoms with Gasteiger partial charge in [-0.1, -0.05) is 25.3 Å². The monoisotopic (exact) mass is 289 g/mol. The molecule has 0 aliphatic heterocycles. The van der Waals surface area contributed by atoms with Gasteiger partial charge in [0.2, 0.25) is 5.95 Å². The Bertz CT molecular complexity index is 538. The number of aryl methyl sites for hydroxylation is 1. The van der Waals surface area contributed by atoms with Crippen molar-refractivity contribution in [3.05, 3.63) is 34.3 Å². The van der Waals surface area contributed by atoms with Crippen LogP contribution in [-0.4, -0.2) is 9.55 Å². The highest BCUT2D eigenvalue weighted by molar-refractivity contribution is 7.10. The third kappa shape index (κ3) is 2.90. The SMILES string of the molecule is Cc1cn(C2CCCCC2)c(NC(C)c2cccs2)n1. The van der Waals surface area contributed by atoms with E-state index in [1.54, 1.807) is 11.3 Å². The molecule has 108 valence electrons. The lowest BCUT2D eigenvalue weighted by Crippen LogP contribution is -2.16. The van der Waals surface area contributed by atoms with Crippen molar-refractivity contribution in [2.75, 3.05) is 5.32 Å². The molecule has 4 heteroatoms. The number of aromatic nitrogens is 2. The molecule has 0 radical (unpaired) electrons. The maximum absolute atomic E-state index is 4.69. The molecule has 1 fully saturated rings. The zero-order valence-electron chi connectivity index (χ0n) is 12.3. The van der Waals surface area contributed by atoms with Gasteiger partial charge in [-0.05, 0) is 38.1 Å². The number of anilines is 1. The normalized spacial score (nSPS) is 18.1. The molecule has 2 aromatic heterocycles. The highest BCUT2D eigenvalue weighted by Gasteiger charge is 2.20. The van der Waals surface area contributed by atoms with Crippen LogP contribution in [0.4, 0.5) is 5.95 Å². The summed E-state index contributed by atoms with van der Waals surface area (Å²) >= 11 is 1.80. The first-order chi connectivity index (χ1) is 9.74. The van der Waals surface area contributed by atoms with E-state index in [4.69, 9.17) is 4.98 Å². The summed E-state index contributed by atoms with van der Waals surface area (Å²) in [5, 5.41) is 5.72. The van der Waals surface area contributed by atoms with Gasteiger partial charge in [0.15, 0.2) is 0 Å². The zero-order chi connectivity index (χ0) is 13.9. The first kappa shape index (κ1) is 13.7. The van der Waals surface area contributed by atoms with Gasteiger partial charge >= 0.3 is 0 Å². The van der Waals surface area contributed by atoms with Gasteiger partial charge in [-0.25, -0.2) is 4.98 Å². The largest absolute Gasteiger partial charge is 0.348 e. The quantitative estimate of drug-likeness (QED) is 0.864. The predicted octanol–water partition coefficient (Wildman–Crippen LogP) is 4.93. The Hall–Kier alpha value is -1.29. The third-order valence-corrected chi connectivity index (χ3v) is 5.19. The number of imidazole rings is 1. The Labute approximate surface area is 125 Å². The van der Waals surface area contributed by atoms with Crippen LogP contribution in [0.3, 0.4) is 0 Å².